The summed E-state index contributed by atoms with van der Waals surface area (Å²) < 4.78 is 32.6. The van der Waals surface area contributed by atoms with Crippen LogP contribution >= 0.6 is 7.82 Å². The van der Waals surface area contributed by atoms with Crippen molar-refractivity contribution in [3.8, 4) is 0 Å². The lowest BCUT2D eigenvalue weighted by atomic mass is 10.0. The highest BCUT2D eigenvalue weighted by Gasteiger charge is 2.42. The average Bonchev–Trinajstić information content (AvgIpc) is 2.99. The van der Waals surface area contributed by atoms with Crippen molar-refractivity contribution in [1.29, 1.82) is 0 Å². The van der Waals surface area contributed by atoms with Gasteiger partial charge in [-0.05, 0) is 39.8 Å². The quantitative estimate of drug-likeness (QED) is 0.0438. The van der Waals surface area contributed by atoms with Gasteiger partial charge in [-0.2, -0.15) is 0 Å². The summed E-state index contributed by atoms with van der Waals surface area (Å²) in [5, 5.41) is 12.7. The normalized spacial score (nSPS) is 19.9. The second kappa shape index (κ2) is 25.2. The second-order valence-corrected chi connectivity index (χ2v) is 13.6. The Labute approximate surface area is 249 Å². The van der Waals surface area contributed by atoms with E-state index >= 15 is 0 Å². The maximum absolute atomic E-state index is 11.9. The second-order valence-electron chi connectivity index (χ2n) is 12.2. The lowest BCUT2D eigenvalue weighted by molar-refractivity contribution is -0.725. The zero-order valence-corrected chi connectivity index (χ0v) is 27.4. The van der Waals surface area contributed by atoms with Crippen LogP contribution in [0.25, 0.3) is 0 Å². The fourth-order valence-corrected chi connectivity index (χ4v) is 5.21. The van der Waals surface area contributed by atoms with E-state index in [1.807, 2.05) is 0 Å². The van der Waals surface area contributed by atoms with Crippen LogP contribution in [0.5, 0.6) is 0 Å². The highest BCUT2D eigenvalue weighted by molar-refractivity contribution is 7.47. The molecule has 0 spiro atoms. The van der Waals surface area contributed by atoms with Crippen LogP contribution in [-0.4, -0.2) is 30.7 Å². The van der Waals surface area contributed by atoms with Gasteiger partial charge in [0, 0.05) is 0 Å². The van der Waals surface area contributed by atoms with Crippen LogP contribution in [0, 0.1) is 11.8 Å². The van der Waals surface area contributed by atoms with Gasteiger partial charge in [0.25, 0.3) is 0 Å². The monoisotopic (exact) mass is 612 g/mol. The van der Waals surface area contributed by atoms with Crippen molar-refractivity contribution in [1.82, 2.24) is 0 Å². The van der Waals surface area contributed by atoms with E-state index in [-0.39, 0.29) is 13.2 Å². The van der Waals surface area contributed by atoms with E-state index in [0.717, 1.165) is 50.4 Å². The van der Waals surface area contributed by atoms with E-state index in [4.69, 9.17) is 18.9 Å². The Morgan fingerprint density at radius 1 is 0.610 bits per heavy atom. The van der Waals surface area contributed by atoms with E-state index in [2.05, 4.69) is 47.5 Å². The molecule has 0 amide bonds. The standard InChI is InChI=1S/C30H61O10P/c1-28(2)23-19-15-11-7-5-9-13-17-21-25-33-30(27-35-41(31,32)40-39-38-37-36-30)34-26-22-18-14-10-6-8-12-16-20-24-29(3)4/h28-29H,5-27H2,1-4H3,(H,31,32). The van der Waals surface area contributed by atoms with Crippen molar-refractivity contribution in [3.05, 3.63) is 0 Å². The minimum absolute atomic E-state index is 0.288. The van der Waals surface area contributed by atoms with Crippen LogP contribution < -0.4 is 0 Å². The first-order valence-corrected chi connectivity index (χ1v) is 17.9. The third kappa shape index (κ3) is 23.9. The van der Waals surface area contributed by atoms with Gasteiger partial charge in [-0.3, -0.25) is 4.52 Å². The molecule has 0 aromatic heterocycles. The summed E-state index contributed by atoms with van der Waals surface area (Å²) in [6.07, 6.45) is 23.8. The first kappa shape index (κ1) is 38.9. The SMILES string of the molecule is CC(C)CCCCCCCCCCCOC1(OCCCCCCCCCCCC(C)C)COP(=O)(O)OOOOO1. The van der Waals surface area contributed by atoms with Gasteiger partial charge in [0.1, 0.15) is 6.61 Å². The zero-order chi connectivity index (χ0) is 30.1. The molecule has 1 heterocycles. The van der Waals surface area contributed by atoms with Crippen molar-refractivity contribution < 1.29 is 48.1 Å². The molecule has 0 bridgehead atoms. The number of unbranched alkanes of at least 4 members (excludes halogenated alkanes) is 16. The van der Waals surface area contributed by atoms with Crippen molar-refractivity contribution >= 4 is 7.82 Å². The largest absolute Gasteiger partial charge is 0.502 e. The maximum atomic E-state index is 11.9. The number of ether oxygens (including phenoxy) is 2. The van der Waals surface area contributed by atoms with Gasteiger partial charge < -0.3 is 14.4 Å². The molecule has 41 heavy (non-hydrogen) atoms. The first-order chi connectivity index (χ1) is 19.7. The van der Waals surface area contributed by atoms with E-state index in [9.17, 15) is 9.46 Å². The van der Waals surface area contributed by atoms with Crippen LogP contribution in [0.3, 0.4) is 0 Å². The number of phosphoric acid groups is 1. The summed E-state index contributed by atoms with van der Waals surface area (Å²) in [6.45, 7) is 9.13. The molecule has 1 saturated heterocycles. The third-order valence-corrected chi connectivity index (χ3v) is 7.95. The van der Waals surface area contributed by atoms with Crippen LogP contribution in [0.15, 0.2) is 0 Å². The predicted molar refractivity (Wildman–Crippen MR) is 158 cm³/mol. The molecule has 0 aromatic carbocycles. The molecule has 246 valence electrons. The molecule has 1 aliphatic heterocycles. The van der Waals surface area contributed by atoms with Crippen molar-refractivity contribution in [2.75, 3.05) is 19.8 Å². The summed E-state index contributed by atoms with van der Waals surface area (Å²) in [4.78, 5) is 14.8. The van der Waals surface area contributed by atoms with E-state index in [1.165, 1.54) is 89.9 Å². The Kier molecular flexibility index (Phi) is 23.9. The predicted octanol–water partition coefficient (Wildman–Crippen LogP) is 9.66. The van der Waals surface area contributed by atoms with E-state index in [0.29, 0.717) is 0 Å². The summed E-state index contributed by atoms with van der Waals surface area (Å²) in [7, 11) is -4.58. The summed E-state index contributed by atoms with van der Waals surface area (Å²) in [6, 6.07) is 0. The minimum atomic E-state index is -4.58. The number of hydrogen-bond acceptors (Lipinski definition) is 9. The Hall–Kier alpha value is -0.130. The van der Waals surface area contributed by atoms with Crippen LogP contribution in [0.1, 0.15) is 156 Å². The molecule has 11 heteroatoms. The molecule has 1 atom stereocenters. The van der Waals surface area contributed by atoms with Gasteiger partial charge in [0.15, 0.2) is 0 Å². The van der Waals surface area contributed by atoms with E-state index in [1.54, 1.807) is 0 Å². The molecule has 0 aliphatic carbocycles. The van der Waals surface area contributed by atoms with Crippen molar-refractivity contribution in [2.24, 2.45) is 11.8 Å². The number of phosphoric ester groups is 1. The van der Waals surface area contributed by atoms with Gasteiger partial charge in [0.05, 0.1) is 13.2 Å². The highest BCUT2D eigenvalue weighted by atomic mass is 31.2. The Morgan fingerprint density at radius 3 is 1.41 bits per heavy atom. The first-order valence-electron chi connectivity index (χ1n) is 16.4. The van der Waals surface area contributed by atoms with Crippen LogP contribution in [-0.2, 0) is 43.2 Å². The lowest BCUT2D eigenvalue weighted by Gasteiger charge is -2.29. The molecule has 0 radical (unpaired) electrons. The van der Waals surface area contributed by atoms with Crippen molar-refractivity contribution in [2.45, 2.75) is 162 Å². The average molecular weight is 613 g/mol. The molecule has 0 saturated carbocycles. The van der Waals surface area contributed by atoms with Crippen LogP contribution in [0.4, 0.5) is 0 Å². The summed E-state index contributed by atoms with van der Waals surface area (Å²) >= 11 is 0. The molecule has 1 N–H and O–H groups in total. The lowest BCUT2D eigenvalue weighted by Crippen LogP contribution is -2.44. The molecule has 1 unspecified atom stereocenters. The molecular formula is C30H61O10P. The fourth-order valence-electron chi connectivity index (χ4n) is 4.75. The highest BCUT2D eigenvalue weighted by Crippen LogP contribution is 2.45. The van der Waals surface area contributed by atoms with E-state index < -0.39 is 20.4 Å². The fraction of sp³-hybridized carbons (Fsp3) is 1.00. The molecule has 1 fully saturated rings. The van der Waals surface area contributed by atoms with Crippen LogP contribution in [0.2, 0.25) is 0 Å². The minimum Gasteiger partial charge on any atom is -0.324 e. The smallest absolute Gasteiger partial charge is 0.324 e. The maximum Gasteiger partial charge on any atom is 0.502 e. The van der Waals surface area contributed by atoms with Gasteiger partial charge in [0.2, 0.25) is 0 Å². The zero-order valence-electron chi connectivity index (χ0n) is 26.5. The molecule has 1 rings (SSSR count). The number of hydrogen-bond donors (Lipinski definition) is 1. The van der Waals surface area contributed by atoms with Gasteiger partial charge in [-0.25, -0.2) is 4.57 Å². The molecule has 0 aromatic rings. The molecule has 1 aliphatic rings. The summed E-state index contributed by atoms with van der Waals surface area (Å²) in [5.41, 5.74) is 0. The molecular weight excluding hydrogens is 551 g/mol. The Bertz CT molecular complexity index is 602. The third-order valence-electron chi connectivity index (χ3n) is 7.24. The molecule has 10 nitrogen and oxygen atoms in total. The van der Waals surface area contributed by atoms with Gasteiger partial charge >= 0.3 is 13.8 Å². The topological polar surface area (TPSA) is 111 Å². The van der Waals surface area contributed by atoms with Gasteiger partial charge in [-0.1, -0.05) is 148 Å². The van der Waals surface area contributed by atoms with Crippen molar-refractivity contribution in [3.63, 3.8) is 0 Å². The Morgan fingerprint density at radius 2 is 1.00 bits per heavy atom. The van der Waals surface area contributed by atoms with Gasteiger partial charge in [-0.15, -0.1) is 4.89 Å². The number of rotatable bonds is 26. The summed E-state index contributed by atoms with van der Waals surface area (Å²) in [5.74, 6) is -0.289. The Balaban J connectivity index is 2.27.